The van der Waals surface area contributed by atoms with Crippen molar-refractivity contribution >= 4 is 5.91 Å². The third kappa shape index (κ3) is 3.22. The van der Waals surface area contributed by atoms with Crippen molar-refractivity contribution in [2.75, 3.05) is 13.1 Å². The molecule has 1 saturated carbocycles. The van der Waals surface area contributed by atoms with E-state index in [0.29, 0.717) is 17.5 Å². The first-order valence-electron chi connectivity index (χ1n) is 9.35. The fraction of sp³-hybridized carbons (Fsp3) is 0.632. The van der Waals surface area contributed by atoms with Crippen LogP contribution in [0.3, 0.4) is 0 Å². The number of nitrogens with zero attached hydrogens (tertiary/aromatic N) is 5. The van der Waals surface area contributed by atoms with Crippen LogP contribution in [0.2, 0.25) is 0 Å². The molecule has 2 aliphatic rings. The molecule has 0 bridgehead atoms. The van der Waals surface area contributed by atoms with Gasteiger partial charge in [0.15, 0.2) is 5.69 Å². The molecule has 134 valence electrons. The molecule has 0 N–H and O–H groups in total. The van der Waals surface area contributed by atoms with Crippen LogP contribution in [0.15, 0.2) is 12.3 Å². The van der Waals surface area contributed by atoms with Gasteiger partial charge < -0.3 is 9.47 Å². The van der Waals surface area contributed by atoms with Crippen molar-refractivity contribution in [3.8, 4) is 0 Å². The Morgan fingerprint density at radius 1 is 1.24 bits per heavy atom. The smallest absolute Gasteiger partial charge is 0.274 e. The molecule has 1 amide bonds. The van der Waals surface area contributed by atoms with E-state index in [1.165, 1.54) is 30.8 Å². The molecule has 3 heterocycles. The van der Waals surface area contributed by atoms with E-state index in [1.54, 1.807) is 4.68 Å². The lowest BCUT2D eigenvalue weighted by molar-refractivity contribution is 0.0654. The van der Waals surface area contributed by atoms with E-state index in [1.807, 2.05) is 31.1 Å². The first-order chi connectivity index (χ1) is 12.0. The zero-order valence-electron chi connectivity index (χ0n) is 15.4. The maximum atomic E-state index is 12.8. The van der Waals surface area contributed by atoms with E-state index in [9.17, 15) is 4.79 Å². The van der Waals surface area contributed by atoms with Gasteiger partial charge in [-0.2, -0.15) is 5.10 Å². The summed E-state index contributed by atoms with van der Waals surface area (Å²) in [6.07, 6.45) is 6.77. The average Bonchev–Trinajstić information content (AvgIpc) is 3.31. The molecule has 0 spiro atoms. The summed E-state index contributed by atoms with van der Waals surface area (Å²) in [7, 11) is 1.88. The molecule has 6 heteroatoms. The SMILES string of the molecule is Cc1cc(C(=O)N2CCCC(Cn3c(C)cnc3C3CC3)C2)nn1C. The predicted molar refractivity (Wildman–Crippen MR) is 95.5 cm³/mol. The number of rotatable bonds is 4. The van der Waals surface area contributed by atoms with Crippen LogP contribution in [0.5, 0.6) is 0 Å². The minimum absolute atomic E-state index is 0.0677. The van der Waals surface area contributed by atoms with Crippen molar-refractivity contribution < 1.29 is 4.79 Å². The molecule has 2 fully saturated rings. The Hall–Kier alpha value is -2.11. The Kier molecular flexibility index (Phi) is 4.13. The Morgan fingerprint density at radius 2 is 2.04 bits per heavy atom. The number of amides is 1. The maximum Gasteiger partial charge on any atom is 0.274 e. The number of aromatic nitrogens is 4. The third-order valence-electron chi connectivity index (χ3n) is 5.61. The zero-order valence-corrected chi connectivity index (χ0v) is 15.4. The largest absolute Gasteiger partial charge is 0.337 e. The summed E-state index contributed by atoms with van der Waals surface area (Å²) in [5.74, 6) is 2.47. The van der Waals surface area contributed by atoms with Gasteiger partial charge in [0.25, 0.3) is 5.91 Å². The number of likely N-dealkylation sites (tertiary alicyclic amines) is 1. The van der Waals surface area contributed by atoms with E-state index >= 15 is 0 Å². The highest BCUT2D eigenvalue weighted by molar-refractivity contribution is 5.92. The summed E-state index contributed by atoms with van der Waals surface area (Å²) in [6.45, 7) is 6.74. The van der Waals surface area contributed by atoms with Crippen molar-refractivity contribution in [3.05, 3.63) is 35.2 Å². The highest BCUT2D eigenvalue weighted by Gasteiger charge is 2.31. The normalized spacial score (nSPS) is 20.9. The van der Waals surface area contributed by atoms with Crippen LogP contribution in [-0.4, -0.2) is 43.2 Å². The molecule has 1 atom stereocenters. The number of imidazole rings is 1. The van der Waals surface area contributed by atoms with Crippen molar-refractivity contribution in [1.29, 1.82) is 0 Å². The first kappa shape index (κ1) is 16.4. The molecular formula is C19H27N5O. The minimum Gasteiger partial charge on any atom is -0.337 e. The van der Waals surface area contributed by atoms with Gasteiger partial charge >= 0.3 is 0 Å². The van der Waals surface area contributed by atoms with Crippen molar-refractivity contribution in [2.24, 2.45) is 13.0 Å². The van der Waals surface area contributed by atoms with Crippen LogP contribution in [0.1, 0.15) is 59.3 Å². The molecule has 6 nitrogen and oxygen atoms in total. The molecule has 0 aromatic carbocycles. The highest BCUT2D eigenvalue weighted by atomic mass is 16.2. The lowest BCUT2D eigenvalue weighted by Crippen LogP contribution is -2.41. The fourth-order valence-corrected chi connectivity index (χ4v) is 3.87. The molecule has 1 aliphatic heterocycles. The summed E-state index contributed by atoms with van der Waals surface area (Å²) < 4.78 is 4.16. The maximum absolute atomic E-state index is 12.8. The molecule has 0 radical (unpaired) electrons. The summed E-state index contributed by atoms with van der Waals surface area (Å²) in [4.78, 5) is 19.4. The zero-order chi connectivity index (χ0) is 17.6. The standard InChI is InChI=1S/C19H27N5O/c1-13-9-17(21-22(13)3)19(25)23-8-4-5-15(11-23)12-24-14(2)10-20-18(24)16-6-7-16/h9-10,15-16H,4-8,11-12H2,1-3H3. The second-order valence-corrected chi connectivity index (χ2v) is 7.70. The number of carbonyl (C=O) groups is 1. The van der Waals surface area contributed by atoms with E-state index in [2.05, 4.69) is 21.6 Å². The van der Waals surface area contributed by atoms with Crippen molar-refractivity contribution in [3.63, 3.8) is 0 Å². The Bertz CT molecular complexity index is 766. The van der Waals surface area contributed by atoms with Gasteiger partial charge in [-0.15, -0.1) is 0 Å². The summed E-state index contributed by atoms with van der Waals surface area (Å²) in [6, 6.07) is 1.89. The highest BCUT2D eigenvalue weighted by Crippen LogP contribution is 2.40. The first-order valence-corrected chi connectivity index (χ1v) is 9.35. The topological polar surface area (TPSA) is 56.0 Å². The molecule has 1 unspecified atom stereocenters. The van der Waals surface area contributed by atoms with Crippen LogP contribution >= 0.6 is 0 Å². The third-order valence-corrected chi connectivity index (χ3v) is 5.61. The molecule has 4 rings (SSSR count). The van der Waals surface area contributed by atoms with Gasteiger partial charge in [0.05, 0.1) is 0 Å². The van der Waals surface area contributed by atoms with Gasteiger partial charge in [-0.3, -0.25) is 9.48 Å². The van der Waals surface area contributed by atoms with Gasteiger partial charge in [-0.05, 0) is 51.5 Å². The molecule has 2 aromatic rings. The Labute approximate surface area is 148 Å². The number of aryl methyl sites for hydroxylation is 3. The minimum atomic E-state index is 0.0677. The number of piperidine rings is 1. The average molecular weight is 341 g/mol. The molecular weight excluding hydrogens is 314 g/mol. The van der Waals surface area contributed by atoms with Gasteiger partial charge in [-0.1, -0.05) is 0 Å². The monoisotopic (exact) mass is 341 g/mol. The van der Waals surface area contributed by atoms with Crippen LogP contribution in [0, 0.1) is 19.8 Å². The van der Waals surface area contributed by atoms with E-state index in [-0.39, 0.29) is 5.91 Å². The summed E-state index contributed by atoms with van der Waals surface area (Å²) in [5.41, 5.74) is 2.82. The lowest BCUT2D eigenvalue weighted by atomic mass is 9.97. The summed E-state index contributed by atoms with van der Waals surface area (Å²) in [5, 5.41) is 4.36. The number of hydrogen-bond donors (Lipinski definition) is 0. The Morgan fingerprint density at radius 3 is 2.72 bits per heavy atom. The predicted octanol–water partition coefficient (Wildman–Crippen LogP) is 2.66. The van der Waals surface area contributed by atoms with E-state index < -0.39 is 0 Å². The van der Waals surface area contributed by atoms with Crippen molar-refractivity contribution in [2.45, 2.75) is 52.0 Å². The van der Waals surface area contributed by atoms with Gasteiger partial charge in [0.2, 0.25) is 0 Å². The van der Waals surface area contributed by atoms with Gasteiger partial charge in [0.1, 0.15) is 5.82 Å². The molecule has 1 aliphatic carbocycles. The van der Waals surface area contributed by atoms with Crippen LogP contribution in [0.25, 0.3) is 0 Å². The van der Waals surface area contributed by atoms with Crippen LogP contribution in [-0.2, 0) is 13.6 Å². The van der Waals surface area contributed by atoms with Gasteiger partial charge in [0, 0.05) is 50.2 Å². The number of hydrogen-bond acceptors (Lipinski definition) is 3. The van der Waals surface area contributed by atoms with E-state index in [0.717, 1.165) is 31.7 Å². The van der Waals surface area contributed by atoms with Gasteiger partial charge in [-0.25, -0.2) is 4.98 Å². The molecule has 2 aromatic heterocycles. The van der Waals surface area contributed by atoms with Crippen LogP contribution < -0.4 is 0 Å². The van der Waals surface area contributed by atoms with Crippen molar-refractivity contribution in [1.82, 2.24) is 24.2 Å². The second-order valence-electron chi connectivity index (χ2n) is 7.70. The Balaban J connectivity index is 1.46. The molecule has 25 heavy (non-hydrogen) atoms. The van der Waals surface area contributed by atoms with E-state index in [4.69, 9.17) is 0 Å². The molecule has 1 saturated heterocycles. The number of carbonyl (C=O) groups excluding carboxylic acids is 1. The van der Waals surface area contributed by atoms with Crippen LogP contribution in [0.4, 0.5) is 0 Å². The fourth-order valence-electron chi connectivity index (χ4n) is 3.87. The lowest BCUT2D eigenvalue weighted by Gasteiger charge is -2.33. The quantitative estimate of drug-likeness (QED) is 0.859. The second kappa shape index (κ2) is 6.32. The summed E-state index contributed by atoms with van der Waals surface area (Å²) >= 11 is 0.